The molecule has 0 spiro atoms. The normalized spacial score (nSPS) is 19.1. The number of anilines is 1. The molecule has 17 heavy (non-hydrogen) atoms. The zero-order chi connectivity index (χ0) is 12.6. The van der Waals surface area contributed by atoms with Gasteiger partial charge in [-0.3, -0.25) is 4.79 Å². The minimum Gasteiger partial charge on any atom is -0.355 e. The number of amides is 1. The zero-order valence-electron chi connectivity index (χ0n) is 11.0. The van der Waals surface area contributed by atoms with Crippen molar-refractivity contribution in [1.29, 1.82) is 0 Å². The number of hydrogen-bond acceptors (Lipinski definition) is 2. The smallest absolute Gasteiger partial charge is 0.239 e. The van der Waals surface area contributed by atoms with E-state index in [4.69, 9.17) is 0 Å². The highest BCUT2D eigenvalue weighted by atomic mass is 16.2. The highest BCUT2D eigenvalue weighted by Gasteiger charge is 2.33. The Labute approximate surface area is 103 Å². The number of carbonyl (C=O) groups is 1. The number of nitrogens with zero attached hydrogens (tertiary/aromatic N) is 1. The van der Waals surface area contributed by atoms with Crippen molar-refractivity contribution in [2.45, 2.75) is 33.2 Å². The third-order valence-corrected chi connectivity index (χ3v) is 3.39. The largest absolute Gasteiger partial charge is 0.355 e. The molecule has 1 aromatic carbocycles. The van der Waals surface area contributed by atoms with E-state index < -0.39 is 0 Å². The highest BCUT2D eigenvalue weighted by molar-refractivity contribution is 5.84. The van der Waals surface area contributed by atoms with Crippen LogP contribution in [0.25, 0.3) is 0 Å². The average molecular weight is 232 g/mol. The molecule has 0 atom stereocenters. The Hall–Kier alpha value is -1.51. The predicted octanol–water partition coefficient (Wildman–Crippen LogP) is 2.02. The Morgan fingerprint density at radius 1 is 1.29 bits per heavy atom. The van der Waals surface area contributed by atoms with Gasteiger partial charge in [0.2, 0.25) is 5.91 Å². The molecule has 92 valence electrons. The van der Waals surface area contributed by atoms with Gasteiger partial charge in [-0.25, -0.2) is 0 Å². The maximum atomic E-state index is 11.6. The summed E-state index contributed by atoms with van der Waals surface area (Å²) in [5.74, 6) is 0.101. The second kappa shape index (κ2) is 4.06. The van der Waals surface area contributed by atoms with Crippen molar-refractivity contribution >= 4 is 11.6 Å². The first kappa shape index (κ1) is 12.0. The lowest BCUT2D eigenvalue weighted by Gasteiger charge is -2.44. The maximum Gasteiger partial charge on any atom is 0.239 e. The van der Waals surface area contributed by atoms with Gasteiger partial charge in [0, 0.05) is 12.2 Å². The molecule has 0 unspecified atom stereocenters. The van der Waals surface area contributed by atoms with Crippen molar-refractivity contribution in [2.24, 2.45) is 0 Å². The van der Waals surface area contributed by atoms with Crippen molar-refractivity contribution in [3.8, 4) is 0 Å². The summed E-state index contributed by atoms with van der Waals surface area (Å²) < 4.78 is 0. The molecule has 3 heteroatoms. The van der Waals surface area contributed by atoms with Crippen molar-refractivity contribution in [2.75, 3.05) is 18.0 Å². The Balaban J connectivity index is 2.39. The monoisotopic (exact) mass is 232 g/mol. The lowest BCUT2D eigenvalue weighted by Crippen LogP contribution is -2.60. The maximum absolute atomic E-state index is 11.6. The topological polar surface area (TPSA) is 32.3 Å². The van der Waals surface area contributed by atoms with Crippen molar-refractivity contribution < 1.29 is 4.79 Å². The Morgan fingerprint density at radius 3 is 2.65 bits per heavy atom. The van der Waals surface area contributed by atoms with Crippen LogP contribution in [0.1, 0.15) is 25.0 Å². The predicted molar refractivity (Wildman–Crippen MR) is 70.4 cm³/mol. The van der Waals surface area contributed by atoms with Crippen LogP contribution in [0.15, 0.2) is 18.2 Å². The van der Waals surface area contributed by atoms with Gasteiger partial charge in [-0.2, -0.15) is 0 Å². The third-order valence-electron chi connectivity index (χ3n) is 3.39. The molecule has 1 amide bonds. The molecule has 1 aliphatic heterocycles. The number of aryl methyl sites for hydroxylation is 2. The summed E-state index contributed by atoms with van der Waals surface area (Å²) in [4.78, 5) is 13.8. The van der Waals surface area contributed by atoms with E-state index in [0.717, 1.165) is 5.69 Å². The van der Waals surface area contributed by atoms with E-state index >= 15 is 0 Å². The average Bonchev–Trinajstić information content (AvgIpc) is 2.23. The lowest BCUT2D eigenvalue weighted by molar-refractivity contribution is -0.121. The van der Waals surface area contributed by atoms with Gasteiger partial charge in [0.05, 0.1) is 12.1 Å². The van der Waals surface area contributed by atoms with Gasteiger partial charge in [0.15, 0.2) is 0 Å². The molecule has 0 aromatic heterocycles. The molecule has 1 heterocycles. The SMILES string of the molecule is Cc1ccc(N2CC(=O)NCC2(C)C)c(C)c1. The summed E-state index contributed by atoms with van der Waals surface area (Å²) in [6.45, 7) is 9.64. The summed E-state index contributed by atoms with van der Waals surface area (Å²) >= 11 is 0. The quantitative estimate of drug-likeness (QED) is 0.803. The van der Waals surface area contributed by atoms with Crippen LogP contribution in [-0.2, 0) is 4.79 Å². The third kappa shape index (κ3) is 2.28. The van der Waals surface area contributed by atoms with Gasteiger partial charge in [-0.1, -0.05) is 17.7 Å². The molecule has 2 rings (SSSR count). The molecule has 1 aliphatic rings. The van der Waals surface area contributed by atoms with Crippen LogP contribution in [0.3, 0.4) is 0 Å². The number of carbonyl (C=O) groups excluding carboxylic acids is 1. The Bertz CT molecular complexity index is 452. The molecular weight excluding hydrogens is 212 g/mol. The Kier molecular flexibility index (Phi) is 2.86. The molecule has 1 saturated heterocycles. The van der Waals surface area contributed by atoms with Crippen LogP contribution in [0.2, 0.25) is 0 Å². The number of nitrogens with one attached hydrogen (secondary N) is 1. The fraction of sp³-hybridized carbons (Fsp3) is 0.500. The molecule has 1 aromatic rings. The summed E-state index contributed by atoms with van der Waals surface area (Å²) in [7, 11) is 0. The lowest BCUT2D eigenvalue weighted by atomic mass is 9.97. The number of benzene rings is 1. The molecular formula is C14H20N2O. The van der Waals surface area contributed by atoms with Crippen LogP contribution in [0, 0.1) is 13.8 Å². The minimum absolute atomic E-state index is 0.0338. The molecule has 0 radical (unpaired) electrons. The van der Waals surface area contributed by atoms with Crippen LogP contribution in [0.5, 0.6) is 0 Å². The fourth-order valence-electron chi connectivity index (χ4n) is 2.34. The number of rotatable bonds is 1. The van der Waals surface area contributed by atoms with E-state index in [2.05, 4.69) is 56.1 Å². The van der Waals surface area contributed by atoms with Gasteiger partial charge >= 0.3 is 0 Å². The van der Waals surface area contributed by atoms with E-state index in [-0.39, 0.29) is 11.4 Å². The minimum atomic E-state index is -0.0338. The molecule has 0 bridgehead atoms. The summed E-state index contributed by atoms with van der Waals surface area (Å²) in [5, 5.41) is 2.92. The first-order valence-corrected chi connectivity index (χ1v) is 6.02. The van der Waals surface area contributed by atoms with Crippen molar-refractivity contribution in [1.82, 2.24) is 5.32 Å². The standard InChI is InChI=1S/C14H20N2O/c1-10-5-6-12(11(2)7-10)16-8-13(17)15-9-14(16,3)4/h5-7H,8-9H2,1-4H3,(H,15,17). The highest BCUT2D eigenvalue weighted by Crippen LogP contribution is 2.29. The summed E-state index contributed by atoms with van der Waals surface area (Å²) in [6.07, 6.45) is 0. The first-order valence-electron chi connectivity index (χ1n) is 6.02. The van der Waals surface area contributed by atoms with E-state index in [1.54, 1.807) is 0 Å². The van der Waals surface area contributed by atoms with Gasteiger partial charge in [-0.05, 0) is 39.3 Å². The van der Waals surface area contributed by atoms with Gasteiger partial charge in [-0.15, -0.1) is 0 Å². The summed E-state index contributed by atoms with van der Waals surface area (Å²) in [6, 6.07) is 6.38. The summed E-state index contributed by atoms with van der Waals surface area (Å²) in [5.41, 5.74) is 3.61. The van der Waals surface area contributed by atoms with Crippen LogP contribution in [-0.4, -0.2) is 24.5 Å². The zero-order valence-corrected chi connectivity index (χ0v) is 11.0. The van der Waals surface area contributed by atoms with E-state index in [9.17, 15) is 4.79 Å². The molecule has 1 fully saturated rings. The van der Waals surface area contributed by atoms with Gasteiger partial charge in [0.25, 0.3) is 0 Å². The second-order valence-corrected chi connectivity index (χ2v) is 5.47. The van der Waals surface area contributed by atoms with Crippen LogP contribution >= 0.6 is 0 Å². The number of hydrogen-bond donors (Lipinski definition) is 1. The van der Waals surface area contributed by atoms with Gasteiger partial charge in [0.1, 0.15) is 0 Å². The second-order valence-electron chi connectivity index (χ2n) is 5.47. The molecule has 0 saturated carbocycles. The van der Waals surface area contributed by atoms with Crippen molar-refractivity contribution in [3.05, 3.63) is 29.3 Å². The molecule has 3 nitrogen and oxygen atoms in total. The van der Waals surface area contributed by atoms with Gasteiger partial charge < -0.3 is 10.2 Å². The van der Waals surface area contributed by atoms with E-state index in [1.807, 2.05) is 0 Å². The van der Waals surface area contributed by atoms with Crippen LogP contribution < -0.4 is 10.2 Å². The van der Waals surface area contributed by atoms with E-state index in [0.29, 0.717) is 13.1 Å². The first-order chi connectivity index (χ1) is 7.90. The molecule has 0 aliphatic carbocycles. The number of piperazine rings is 1. The molecule has 1 N–H and O–H groups in total. The van der Waals surface area contributed by atoms with Crippen molar-refractivity contribution in [3.63, 3.8) is 0 Å². The fourth-order valence-corrected chi connectivity index (χ4v) is 2.34. The van der Waals surface area contributed by atoms with Crippen LogP contribution in [0.4, 0.5) is 5.69 Å². The Morgan fingerprint density at radius 2 is 2.00 bits per heavy atom. The van der Waals surface area contributed by atoms with E-state index in [1.165, 1.54) is 11.1 Å².